The Labute approximate surface area is 120 Å². The minimum absolute atomic E-state index is 0.00131. The monoisotopic (exact) mass is 315 g/mol. The van der Waals surface area contributed by atoms with E-state index in [-0.39, 0.29) is 10.6 Å². The molecule has 1 unspecified atom stereocenters. The maximum absolute atomic E-state index is 13.2. The van der Waals surface area contributed by atoms with Crippen LogP contribution < -0.4 is 10.5 Å². The number of aromatic nitrogens is 1. The fraction of sp³-hybridized carbons (Fsp3) is 0.250. The number of rotatable bonds is 4. The van der Waals surface area contributed by atoms with Crippen LogP contribution in [-0.4, -0.2) is 13.4 Å². The minimum atomic E-state index is -3.90. The second-order valence-electron chi connectivity index (χ2n) is 4.33. The molecule has 1 heterocycles. The number of thiazole rings is 1. The van der Waals surface area contributed by atoms with Gasteiger partial charge in [-0.1, -0.05) is 0 Å². The standard InChI is InChI=1S/C12H14FN3O2S2/c1-7-6-15-12(19-7)8(2)16-20(17,18)11-5-9(13)3-4-10(11)14/h3-6,8,16H,14H2,1-2H3. The van der Waals surface area contributed by atoms with E-state index >= 15 is 0 Å². The van der Waals surface area contributed by atoms with Gasteiger partial charge in [-0.05, 0) is 32.0 Å². The highest BCUT2D eigenvalue weighted by Crippen LogP contribution is 2.24. The predicted molar refractivity (Wildman–Crippen MR) is 76.4 cm³/mol. The molecule has 0 saturated heterocycles. The van der Waals surface area contributed by atoms with E-state index in [4.69, 9.17) is 5.73 Å². The Kier molecular flexibility index (Phi) is 4.07. The largest absolute Gasteiger partial charge is 0.398 e. The maximum Gasteiger partial charge on any atom is 0.243 e. The summed E-state index contributed by atoms with van der Waals surface area (Å²) in [6.45, 7) is 3.55. The highest BCUT2D eigenvalue weighted by atomic mass is 32.2. The molecule has 1 aromatic carbocycles. The molecule has 0 amide bonds. The summed E-state index contributed by atoms with van der Waals surface area (Å²) in [5.74, 6) is -0.655. The molecule has 5 nitrogen and oxygen atoms in total. The van der Waals surface area contributed by atoms with Crippen LogP contribution in [0.1, 0.15) is 22.9 Å². The third-order valence-electron chi connectivity index (χ3n) is 2.61. The number of nitrogens with two attached hydrogens (primary N) is 1. The average Bonchev–Trinajstić information content (AvgIpc) is 2.78. The summed E-state index contributed by atoms with van der Waals surface area (Å²) in [5.41, 5.74) is 5.60. The Morgan fingerprint density at radius 3 is 2.75 bits per heavy atom. The molecular formula is C12H14FN3O2S2. The Bertz CT molecular complexity index is 728. The molecule has 2 aromatic rings. The number of sulfonamides is 1. The lowest BCUT2D eigenvalue weighted by molar-refractivity contribution is 0.564. The van der Waals surface area contributed by atoms with Crippen LogP contribution in [0.2, 0.25) is 0 Å². The predicted octanol–water partition coefficient (Wildman–Crippen LogP) is 2.21. The second kappa shape index (κ2) is 5.47. The molecule has 0 bridgehead atoms. The average molecular weight is 315 g/mol. The van der Waals surface area contributed by atoms with Crippen molar-refractivity contribution in [1.29, 1.82) is 0 Å². The van der Waals surface area contributed by atoms with E-state index in [9.17, 15) is 12.8 Å². The van der Waals surface area contributed by atoms with Gasteiger partial charge in [0.15, 0.2) is 0 Å². The van der Waals surface area contributed by atoms with Gasteiger partial charge in [-0.2, -0.15) is 0 Å². The number of nitrogens with zero attached hydrogens (tertiary/aromatic N) is 1. The number of hydrogen-bond donors (Lipinski definition) is 2. The van der Waals surface area contributed by atoms with Gasteiger partial charge in [0.2, 0.25) is 10.0 Å². The number of hydrogen-bond acceptors (Lipinski definition) is 5. The molecule has 0 aliphatic heterocycles. The summed E-state index contributed by atoms with van der Waals surface area (Å²) >= 11 is 1.40. The van der Waals surface area contributed by atoms with Crippen LogP contribution in [0.5, 0.6) is 0 Å². The van der Waals surface area contributed by atoms with Gasteiger partial charge in [-0.25, -0.2) is 22.5 Å². The van der Waals surface area contributed by atoms with E-state index in [0.29, 0.717) is 5.01 Å². The van der Waals surface area contributed by atoms with Crippen molar-refractivity contribution < 1.29 is 12.8 Å². The van der Waals surface area contributed by atoms with Crippen LogP contribution in [0.3, 0.4) is 0 Å². The van der Waals surface area contributed by atoms with Crippen molar-refractivity contribution in [3.63, 3.8) is 0 Å². The van der Waals surface area contributed by atoms with Crippen LogP contribution >= 0.6 is 11.3 Å². The third-order valence-corrected chi connectivity index (χ3v) is 5.30. The van der Waals surface area contributed by atoms with E-state index in [2.05, 4.69) is 9.71 Å². The van der Waals surface area contributed by atoms with Gasteiger partial charge in [0.25, 0.3) is 0 Å². The molecule has 0 aliphatic carbocycles. The first kappa shape index (κ1) is 14.9. The van der Waals surface area contributed by atoms with E-state index < -0.39 is 21.9 Å². The van der Waals surface area contributed by atoms with Crippen molar-refractivity contribution in [3.05, 3.63) is 40.1 Å². The van der Waals surface area contributed by atoms with Crippen molar-refractivity contribution in [1.82, 2.24) is 9.71 Å². The van der Waals surface area contributed by atoms with Gasteiger partial charge in [0, 0.05) is 11.1 Å². The molecule has 0 aliphatic rings. The van der Waals surface area contributed by atoms with Crippen LogP contribution in [0.4, 0.5) is 10.1 Å². The summed E-state index contributed by atoms with van der Waals surface area (Å²) < 4.78 is 40.1. The minimum Gasteiger partial charge on any atom is -0.398 e. The fourth-order valence-corrected chi connectivity index (χ4v) is 3.86. The first-order valence-corrected chi connectivity index (χ1v) is 8.09. The van der Waals surface area contributed by atoms with E-state index in [1.165, 1.54) is 17.4 Å². The molecule has 0 saturated carbocycles. The Balaban J connectivity index is 2.29. The summed E-state index contributed by atoms with van der Waals surface area (Å²) in [6.07, 6.45) is 1.67. The lowest BCUT2D eigenvalue weighted by Gasteiger charge is -2.13. The van der Waals surface area contributed by atoms with Crippen molar-refractivity contribution in [2.24, 2.45) is 0 Å². The van der Waals surface area contributed by atoms with Crippen molar-refractivity contribution >= 4 is 27.0 Å². The SMILES string of the molecule is Cc1cnc(C(C)NS(=O)(=O)c2cc(F)ccc2N)s1. The number of benzene rings is 1. The lowest BCUT2D eigenvalue weighted by atomic mass is 10.3. The zero-order valence-corrected chi connectivity index (χ0v) is 12.6. The third kappa shape index (κ3) is 3.14. The highest BCUT2D eigenvalue weighted by molar-refractivity contribution is 7.89. The van der Waals surface area contributed by atoms with E-state index in [0.717, 1.165) is 17.0 Å². The number of nitrogen functional groups attached to an aromatic ring is 1. The van der Waals surface area contributed by atoms with Gasteiger partial charge < -0.3 is 5.73 Å². The van der Waals surface area contributed by atoms with Gasteiger partial charge >= 0.3 is 0 Å². The molecule has 0 spiro atoms. The van der Waals surface area contributed by atoms with Gasteiger partial charge in [0.05, 0.1) is 11.7 Å². The van der Waals surface area contributed by atoms with Crippen molar-refractivity contribution in [2.75, 3.05) is 5.73 Å². The highest BCUT2D eigenvalue weighted by Gasteiger charge is 2.22. The van der Waals surface area contributed by atoms with Crippen LogP contribution in [0.25, 0.3) is 0 Å². The van der Waals surface area contributed by atoms with Crippen LogP contribution in [0.15, 0.2) is 29.3 Å². The summed E-state index contributed by atoms with van der Waals surface area (Å²) in [6, 6.07) is 2.73. The van der Waals surface area contributed by atoms with Crippen LogP contribution in [0, 0.1) is 12.7 Å². The van der Waals surface area contributed by atoms with Crippen molar-refractivity contribution in [2.45, 2.75) is 24.8 Å². The summed E-state index contributed by atoms with van der Waals surface area (Å²) in [4.78, 5) is 4.84. The molecule has 0 fully saturated rings. The normalized spacial score (nSPS) is 13.3. The van der Waals surface area contributed by atoms with E-state index in [1.807, 2.05) is 6.92 Å². The van der Waals surface area contributed by atoms with Crippen molar-refractivity contribution in [3.8, 4) is 0 Å². The molecule has 1 atom stereocenters. The number of halogens is 1. The molecule has 108 valence electrons. The topological polar surface area (TPSA) is 85.1 Å². The zero-order valence-electron chi connectivity index (χ0n) is 10.9. The van der Waals surface area contributed by atoms with Gasteiger partial charge in [0.1, 0.15) is 15.7 Å². The summed E-state index contributed by atoms with van der Waals surface area (Å²) in [7, 11) is -3.90. The van der Waals surface area contributed by atoms with Gasteiger partial charge in [-0.15, -0.1) is 11.3 Å². The molecular weight excluding hydrogens is 301 g/mol. The zero-order chi connectivity index (χ0) is 14.9. The Morgan fingerprint density at radius 2 is 2.15 bits per heavy atom. The molecule has 20 heavy (non-hydrogen) atoms. The maximum atomic E-state index is 13.2. The second-order valence-corrected chi connectivity index (χ2v) is 7.28. The number of anilines is 1. The Morgan fingerprint density at radius 1 is 1.45 bits per heavy atom. The molecule has 1 aromatic heterocycles. The quantitative estimate of drug-likeness (QED) is 0.847. The molecule has 3 N–H and O–H groups in total. The smallest absolute Gasteiger partial charge is 0.243 e. The van der Waals surface area contributed by atoms with E-state index in [1.54, 1.807) is 13.1 Å². The number of nitrogens with one attached hydrogen (secondary N) is 1. The van der Waals surface area contributed by atoms with Crippen LogP contribution in [-0.2, 0) is 10.0 Å². The lowest BCUT2D eigenvalue weighted by Crippen LogP contribution is -2.27. The Hall–Kier alpha value is -1.51. The molecule has 8 heteroatoms. The molecule has 2 rings (SSSR count). The van der Waals surface area contributed by atoms with Gasteiger partial charge in [-0.3, -0.25) is 0 Å². The number of aryl methyl sites for hydroxylation is 1. The fourth-order valence-electron chi connectivity index (χ4n) is 1.66. The molecule has 0 radical (unpaired) electrons. The first-order valence-electron chi connectivity index (χ1n) is 5.79. The first-order chi connectivity index (χ1) is 9.29. The summed E-state index contributed by atoms with van der Waals surface area (Å²) in [5, 5.41) is 0.640.